The Labute approximate surface area is 159 Å². The molecule has 2 aliphatic heterocycles. The summed E-state index contributed by atoms with van der Waals surface area (Å²) in [5.41, 5.74) is 0.327. The molecule has 3 heterocycles. The van der Waals surface area contributed by atoms with Crippen molar-refractivity contribution in [2.45, 2.75) is 44.0 Å². The van der Waals surface area contributed by atoms with Crippen LogP contribution in [0.15, 0.2) is 9.42 Å². The normalized spacial score (nSPS) is 24.2. The van der Waals surface area contributed by atoms with Crippen LogP contribution < -0.4 is 0 Å². The van der Waals surface area contributed by atoms with Gasteiger partial charge in [-0.15, -0.1) is 0 Å². The minimum absolute atomic E-state index is 0.00844. The van der Waals surface area contributed by atoms with E-state index in [0.717, 1.165) is 0 Å². The molecule has 1 aromatic heterocycles. The lowest BCUT2D eigenvalue weighted by atomic mass is 9.96. The second-order valence-electron chi connectivity index (χ2n) is 7.34. The Morgan fingerprint density at radius 3 is 2.33 bits per heavy atom. The summed E-state index contributed by atoms with van der Waals surface area (Å²) in [5.74, 6) is -0.0217. The van der Waals surface area contributed by atoms with Crippen molar-refractivity contribution < 1.29 is 26.2 Å². The number of carbonyl (C=O) groups is 1. The van der Waals surface area contributed by atoms with Crippen LogP contribution in [0, 0.1) is 19.8 Å². The van der Waals surface area contributed by atoms with Crippen molar-refractivity contribution in [1.82, 2.24) is 14.4 Å². The number of piperidine rings is 1. The summed E-state index contributed by atoms with van der Waals surface area (Å²) in [6.07, 6.45) is 1.28. The Morgan fingerprint density at radius 2 is 1.85 bits per heavy atom. The van der Waals surface area contributed by atoms with Gasteiger partial charge in [-0.3, -0.25) is 4.79 Å². The Bertz CT molecular complexity index is 910. The van der Waals surface area contributed by atoms with Gasteiger partial charge in [-0.1, -0.05) is 5.16 Å². The average molecular weight is 420 g/mol. The Hall–Kier alpha value is -1.46. The number of hydrogen-bond acceptors (Lipinski definition) is 7. The second-order valence-corrected chi connectivity index (χ2v) is 11.4. The summed E-state index contributed by atoms with van der Waals surface area (Å²) in [4.78, 5) is 14.4. The fourth-order valence-electron chi connectivity index (χ4n) is 3.86. The van der Waals surface area contributed by atoms with Gasteiger partial charge in [-0.05, 0) is 33.1 Å². The van der Waals surface area contributed by atoms with Crippen LogP contribution >= 0.6 is 0 Å². The highest BCUT2D eigenvalue weighted by molar-refractivity contribution is 7.91. The highest BCUT2D eigenvalue weighted by Gasteiger charge is 2.38. The van der Waals surface area contributed by atoms with Crippen LogP contribution in [0.1, 0.15) is 30.7 Å². The molecule has 1 amide bonds. The molecule has 27 heavy (non-hydrogen) atoms. The van der Waals surface area contributed by atoms with Crippen molar-refractivity contribution in [2.24, 2.45) is 5.92 Å². The van der Waals surface area contributed by atoms with E-state index in [1.165, 1.54) is 9.21 Å². The second kappa shape index (κ2) is 7.17. The maximum Gasteiger partial charge on any atom is 0.248 e. The average Bonchev–Trinajstić information content (AvgIpc) is 3.15. The van der Waals surface area contributed by atoms with E-state index in [1.54, 1.807) is 20.9 Å². The van der Waals surface area contributed by atoms with Crippen molar-refractivity contribution in [2.75, 3.05) is 31.6 Å². The summed E-state index contributed by atoms with van der Waals surface area (Å²) in [6, 6.07) is -0.286. The van der Waals surface area contributed by atoms with Gasteiger partial charge >= 0.3 is 0 Å². The van der Waals surface area contributed by atoms with Gasteiger partial charge in [-0.25, -0.2) is 16.8 Å². The lowest BCUT2D eigenvalue weighted by Gasteiger charge is -2.34. The molecule has 2 aliphatic rings. The van der Waals surface area contributed by atoms with Crippen LogP contribution in [0.25, 0.3) is 0 Å². The van der Waals surface area contributed by atoms with Gasteiger partial charge in [0.05, 0.1) is 11.5 Å². The van der Waals surface area contributed by atoms with Gasteiger partial charge < -0.3 is 9.42 Å². The van der Waals surface area contributed by atoms with Crippen LogP contribution in [-0.4, -0.2) is 74.8 Å². The first-order valence-corrected chi connectivity index (χ1v) is 12.2. The molecule has 0 bridgehead atoms. The molecule has 3 rings (SSSR count). The maximum atomic E-state index is 12.8. The van der Waals surface area contributed by atoms with E-state index in [-0.39, 0.29) is 53.1 Å². The lowest BCUT2D eigenvalue weighted by Crippen LogP contribution is -2.46. The van der Waals surface area contributed by atoms with Crippen molar-refractivity contribution in [3.05, 3.63) is 11.5 Å². The number of rotatable bonds is 4. The number of nitrogens with zero attached hydrogens (tertiary/aromatic N) is 3. The fraction of sp³-hybridized carbons (Fsp3) is 0.750. The van der Waals surface area contributed by atoms with Gasteiger partial charge in [0.1, 0.15) is 10.6 Å². The monoisotopic (exact) mass is 419 g/mol. The van der Waals surface area contributed by atoms with Crippen molar-refractivity contribution in [3.63, 3.8) is 0 Å². The van der Waals surface area contributed by atoms with Crippen LogP contribution in [0.2, 0.25) is 0 Å². The predicted molar refractivity (Wildman–Crippen MR) is 97.3 cm³/mol. The van der Waals surface area contributed by atoms with Gasteiger partial charge in [-0.2, -0.15) is 4.31 Å². The minimum Gasteiger partial charge on any atom is -0.360 e. The van der Waals surface area contributed by atoms with E-state index in [4.69, 9.17) is 4.52 Å². The number of amides is 1. The number of aryl methyl sites for hydroxylation is 2. The Balaban J connectivity index is 1.64. The zero-order valence-corrected chi connectivity index (χ0v) is 17.3. The molecule has 0 saturated carbocycles. The summed E-state index contributed by atoms with van der Waals surface area (Å²) in [7, 11) is -5.13. The van der Waals surface area contributed by atoms with E-state index in [9.17, 15) is 21.6 Å². The van der Waals surface area contributed by atoms with Crippen LogP contribution in [0.4, 0.5) is 0 Å². The molecule has 0 aliphatic carbocycles. The Morgan fingerprint density at radius 1 is 1.22 bits per heavy atom. The van der Waals surface area contributed by atoms with E-state index in [0.29, 0.717) is 25.0 Å². The third-order valence-corrected chi connectivity index (χ3v) is 9.37. The van der Waals surface area contributed by atoms with Crippen molar-refractivity contribution >= 4 is 25.8 Å². The third-order valence-electron chi connectivity index (χ3n) is 5.47. The summed E-state index contributed by atoms with van der Waals surface area (Å²) >= 11 is 0. The number of aromatic nitrogens is 1. The lowest BCUT2D eigenvalue weighted by molar-refractivity contribution is -0.137. The quantitative estimate of drug-likeness (QED) is 0.690. The first kappa shape index (κ1) is 20.3. The fourth-order valence-corrected chi connectivity index (χ4v) is 7.40. The summed E-state index contributed by atoms with van der Waals surface area (Å²) in [6.45, 7) is 3.62. The number of sulfone groups is 1. The first-order valence-electron chi connectivity index (χ1n) is 8.93. The number of hydrogen-bond donors (Lipinski definition) is 0. The van der Waals surface area contributed by atoms with Crippen LogP contribution in [0.3, 0.4) is 0 Å². The van der Waals surface area contributed by atoms with Gasteiger partial charge in [0, 0.05) is 32.1 Å². The molecular weight excluding hydrogens is 394 g/mol. The maximum absolute atomic E-state index is 12.8. The standard InChI is InChI=1S/C16H25N3O6S2/c1-11-15(12(2)25-17-11)27(23,24)19-7-4-13(5-8-19)16(20)18(3)14-6-9-26(21,22)10-14/h13-14H,4-10H2,1-3H3/t14-/m1/s1. The molecule has 2 fully saturated rings. The zero-order chi connectivity index (χ0) is 20.0. The highest BCUT2D eigenvalue weighted by Crippen LogP contribution is 2.29. The molecule has 2 saturated heterocycles. The highest BCUT2D eigenvalue weighted by atomic mass is 32.2. The Kier molecular flexibility index (Phi) is 5.39. The molecule has 0 N–H and O–H groups in total. The largest absolute Gasteiger partial charge is 0.360 e. The SMILES string of the molecule is Cc1noc(C)c1S(=O)(=O)N1CCC(C(=O)N(C)[C@@H]2CCS(=O)(=O)C2)CC1. The molecular formula is C16H25N3O6S2. The smallest absolute Gasteiger partial charge is 0.248 e. The predicted octanol–water partition coefficient (Wildman–Crippen LogP) is 0.338. The summed E-state index contributed by atoms with van der Waals surface area (Å²) in [5, 5.41) is 3.71. The molecule has 0 aromatic carbocycles. The topological polar surface area (TPSA) is 118 Å². The van der Waals surface area contributed by atoms with Gasteiger partial charge in [0.25, 0.3) is 0 Å². The molecule has 9 nitrogen and oxygen atoms in total. The van der Waals surface area contributed by atoms with E-state index >= 15 is 0 Å². The van der Waals surface area contributed by atoms with E-state index < -0.39 is 19.9 Å². The number of carbonyl (C=O) groups excluding carboxylic acids is 1. The van der Waals surface area contributed by atoms with Gasteiger partial charge in [0.15, 0.2) is 15.6 Å². The van der Waals surface area contributed by atoms with E-state index in [2.05, 4.69) is 5.16 Å². The van der Waals surface area contributed by atoms with Crippen LogP contribution in [-0.2, 0) is 24.7 Å². The van der Waals surface area contributed by atoms with Crippen molar-refractivity contribution in [3.8, 4) is 0 Å². The first-order chi connectivity index (χ1) is 12.5. The van der Waals surface area contributed by atoms with E-state index in [1.807, 2.05) is 0 Å². The molecule has 152 valence electrons. The molecule has 0 radical (unpaired) electrons. The minimum atomic E-state index is -3.71. The molecule has 11 heteroatoms. The van der Waals surface area contributed by atoms with Crippen molar-refractivity contribution in [1.29, 1.82) is 0 Å². The molecule has 0 spiro atoms. The molecule has 1 aromatic rings. The summed E-state index contributed by atoms with van der Waals surface area (Å²) < 4.78 is 55.3. The molecule has 1 atom stereocenters. The van der Waals surface area contributed by atoms with Gasteiger partial charge in [0.2, 0.25) is 15.9 Å². The third kappa shape index (κ3) is 3.90. The van der Waals surface area contributed by atoms with Crippen LogP contribution in [0.5, 0.6) is 0 Å². The number of sulfonamides is 1. The zero-order valence-electron chi connectivity index (χ0n) is 15.7. The molecule has 0 unspecified atom stereocenters.